The first-order valence-corrected chi connectivity index (χ1v) is 8.20. The Bertz CT molecular complexity index is 582. The van der Waals surface area contributed by atoms with Crippen LogP contribution in [-0.4, -0.2) is 13.2 Å². The quantitative estimate of drug-likeness (QED) is 0.813. The van der Waals surface area contributed by atoms with E-state index in [0.717, 1.165) is 23.2 Å². The van der Waals surface area contributed by atoms with E-state index in [2.05, 4.69) is 29.6 Å². The minimum Gasteiger partial charge on any atom is -0.492 e. The van der Waals surface area contributed by atoms with Crippen LogP contribution in [0.15, 0.2) is 30.3 Å². The summed E-state index contributed by atoms with van der Waals surface area (Å²) in [5, 5.41) is 3.36. The van der Waals surface area contributed by atoms with Crippen molar-refractivity contribution in [3.05, 3.63) is 50.7 Å². The fourth-order valence-electron chi connectivity index (χ4n) is 2.54. The van der Waals surface area contributed by atoms with Crippen molar-refractivity contribution in [3.8, 4) is 5.75 Å². The number of halogens is 1. The Morgan fingerprint density at radius 2 is 2.05 bits per heavy atom. The van der Waals surface area contributed by atoms with Crippen molar-refractivity contribution in [1.29, 1.82) is 0 Å². The van der Waals surface area contributed by atoms with Crippen molar-refractivity contribution in [1.82, 2.24) is 5.32 Å². The average molecular weight is 308 g/mol. The molecule has 0 fully saturated rings. The Morgan fingerprint density at radius 1 is 1.15 bits per heavy atom. The van der Waals surface area contributed by atoms with E-state index in [1.54, 1.807) is 11.3 Å². The first-order valence-electron chi connectivity index (χ1n) is 7.01. The zero-order chi connectivity index (χ0) is 13.8. The van der Waals surface area contributed by atoms with Gasteiger partial charge in [0.15, 0.2) is 0 Å². The van der Waals surface area contributed by atoms with Crippen molar-refractivity contribution in [3.63, 3.8) is 0 Å². The van der Waals surface area contributed by atoms with Gasteiger partial charge in [-0.3, -0.25) is 0 Å². The van der Waals surface area contributed by atoms with E-state index in [1.807, 2.05) is 6.07 Å². The Morgan fingerprint density at radius 3 is 2.90 bits per heavy atom. The molecular formula is C16H18ClNOS. The second-order valence-electron chi connectivity index (χ2n) is 5.02. The zero-order valence-corrected chi connectivity index (χ0v) is 12.9. The fourth-order valence-corrected chi connectivity index (χ4v) is 3.59. The van der Waals surface area contributed by atoms with Gasteiger partial charge in [-0.05, 0) is 54.7 Å². The topological polar surface area (TPSA) is 21.3 Å². The van der Waals surface area contributed by atoms with E-state index >= 15 is 0 Å². The highest BCUT2D eigenvalue weighted by molar-refractivity contribution is 7.16. The smallest absolute Gasteiger partial charge is 0.119 e. The Labute approximate surface area is 128 Å². The van der Waals surface area contributed by atoms with E-state index in [-0.39, 0.29) is 0 Å². The van der Waals surface area contributed by atoms with Gasteiger partial charge in [0.2, 0.25) is 0 Å². The average Bonchev–Trinajstić information content (AvgIpc) is 3.06. The summed E-state index contributed by atoms with van der Waals surface area (Å²) in [6, 6.07) is 10.5. The van der Waals surface area contributed by atoms with Gasteiger partial charge in [-0.2, -0.15) is 0 Å². The van der Waals surface area contributed by atoms with Crippen molar-refractivity contribution < 1.29 is 4.74 Å². The van der Waals surface area contributed by atoms with E-state index in [4.69, 9.17) is 16.3 Å². The molecule has 106 valence electrons. The monoisotopic (exact) mass is 307 g/mol. The molecule has 4 heteroatoms. The van der Waals surface area contributed by atoms with E-state index in [1.165, 1.54) is 35.3 Å². The molecule has 1 aliphatic rings. The van der Waals surface area contributed by atoms with Crippen LogP contribution in [0.3, 0.4) is 0 Å². The third kappa shape index (κ3) is 3.54. The number of rotatable bonds is 6. The maximum Gasteiger partial charge on any atom is 0.119 e. The van der Waals surface area contributed by atoms with E-state index in [0.29, 0.717) is 6.61 Å². The van der Waals surface area contributed by atoms with Crippen molar-refractivity contribution in [2.45, 2.75) is 25.8 Å². The molecule has 0 radical (unpaired) electrons. The zero-order valence-electron chi connectivity index (χ0n) is 11.3. The molecule has 0 atom stereocenters. The second kappa shape index (κ2) is 6.61. The molecule has 2 nitrogen and oxygen atoms in total. The van der Waals surface area contributed by atoms with Gasteiger partial charge in [0.25, 0.3) is 0 Å². The van der Waals surface area contributed by atoms with Crippen LogP contribution in [0.1, 0.15) is 22.4 Å². The van der Waals surface area contributed by atoms with Crippen LogP contribution in [0.2, 0.25) is 4.34 Å². The summed E-state index contributed by atoms with van der Waals surface area (Å²) in [4.78, 5) is 1.26. The molecule has 0 saturated heterocycles. The van der Waals surface area contributed by atoms with E-state index in [9.17, 15) is 0 Å². The van der Waals surface area contributed by atoms with Crippen LogP contribution in [0.4, 0.5) is 0 Å². The third-order valence-electron chi connectivity index (χ3n) is 3.55. The van der Waals surface area contributed by atoms with Gasteiger partial charge in [-0.25, -0.2) is 0 Å². The van der Waals surface area contributed by atoms with E-state index < -0.39 is 0 Å². The van der Waals surface area contributed by atoms with Gasteiger partial charge >= 0.3 is 0 Å². The molecule has 2 aromatic rings. The summed E-state index contributed by atoms with van der Waals surface area (Å²) in [5.74, 6) is 0.992. The van der Waals surface area contributed by atoms with Gasteiger partial charge in [0.05, 0.1) is 4.34 Å². The lowest BCUT2D eigenvalue weighted by Gasteiger charge is -2.08. The molecule has 0 spiro atoms. The summed E-state index contributed by atoms with van der Waals surface area (Å²) in [7, 11) is 0. The molecule has 1 aromatic heterocycles. The van der Waals surface area contributed by atoms with Crippen LogP contribution in [-0.2, 0) is 19.4 Å². The summed E-state index contributed by atoms with van der Waals surface area (Å²) >= 11 is 7.51. The predicted octanol–water partition coefficient (Wildman–Crippen LogP) is 4.06. The van der Waals surface area contributed by atoms with Crippen molar-refractivity contribution in [2.75, 3.05) is 13.2 Å². The molecular weight excluding hydrogens is 290 g/mol. The highest BCUT2D eigenvalue weighted by Crippen LogP contribution is 2.26. The molecule has 0 aliphatic heterocycles. The summed E-state index contributed by atoms with van der Waals surface area (Å²) in [6.45, 7) is 2.38. The van der Waals surface area contributed by atoms with Crippen molar-refractivity contribution in [2.24, 2.45) is 0 Å². The number of hydrogen-bond acceptors (Lipinski definition) is 3. The van der Waals surface area contributed by atoms with Gasteiger partial charge < -0.3 is 10.1 Å². The van der Waals surface area contributed by atoms with Crippen molar-refractivity contribution >= 4 is 22.9 Å². The lowest BCUT2D eigenvalue weighted by molar-refractivity contribution is 0.313. The van der Waals surface area contributed by atoms with Crippen LogP contribution in [0.5, 0.6) is 5.75 Å². The molecule has 1 aromatic carbocycles. The second-order valence-corrected chi connectivity index (χ2v) is 6.81. The number of thiophene rings is 1. The maximum absolute atomic E-state index is 5.89. The normalized spacial score (nSPS) is 13.4. The molecule has 20 heavy (non-hydrogen) atoms. The third-order valence-corrected chi connectivity index (χ3v) is 4.78. The Hall–Kier alpha value is -1.03. The molecule has 1 aliphatic carbocycles. The van der Waals surface area contributed by atoms with Gasteiger partial charge in [-0.1, -0.05) is 17.7 Å². The number of aryl methyl sites for hydroxylation is 2. The highest BCUT2D eigenvalue weighted by atomic mass is 35.5. The van der Waals surface area contributed by atoms with Crippen LogP contribution < -0.4 is 10.1 Å². The number of benzene rings is 1. The first kappa shape index (κ1) is 13.9. The summed E-state index contributed by atoms with van der Waals surface area (Å²) < 4.78 is 6.63. The number of ether oxygens (including phenoxy) is 1. The number of hydrogen-bond donors (Lipinski definition) is 1. The number of nitrogens with one attached hydrogen (secondary N) is 1. The lowest BCUT2D eigenvalue weighted by atomic mass is 10.1. The Kier molecular flexibility index (Phi) is 4.61. The molecule has 0 unspecified atom stereocenters. The minimum absolute atomic E-state index is 0.692. The summed E-state index contributed by atoms with van der Waals surface area (Å²) in [6.07, 6.45) is 3.70. The molecule has 0 saturated carbocycles. The van der Waals surface area contributed by atoms with Gasteiger partial charge in [0.1, 0.15) is 12.4 Å². The Balaban J connectivity index is 1.39. The predicted molar refractivity (Wildman–Crippen MR) is 85.0 cm³/mol. The molecule has 3 rings (SSSR count). The largest absolute Gasteiger partial charge is 0.492 e. The number of fused-ring (bicyclic) bond motifs is 1. The fraction of sp³-hybridized carbons (Fsp3) is 0.375. The molecule has 1 N–H and O–H groups in total. The highest BCUT2D eigenvalue weighted by Gasteiger charge is 2.10. The minimum atomic E-state index is 0.692. The summed E-state index contributed by atoms with van der Waals surface area (Å²) in [5.41, 5.74) is 2.95. The standard InChI is InChI=1S/C16H18ClNOS/c17-16-7-6-15(20-16)11-18-8-9-19-14-5-4-12-2-1-3-13(12)10-14/h4-7,10,18H,1-3,8-9,11H2. The van der Waals surface area contributed by atoms with Crippen LogP contribution >= 0.6 is 22.9 Å². The molecule has 0 bridgehead atoms. The maximum atomic E-state index is 5.89. The molecule has 1 heterocycles. The van der Waals surface area contributed by atoms with Gasteiger partial charge in [0, 0.05) is 18.0 Å². The van der Waals surface area contributed by atoms with Gasteiger partial charge in [-0.15, -0.1) is 11.3 Å². The van der Waals surface area contributed by atoms with Crippen LogP contribution in [0, 0.1) is 0 Å². The van der Waals surface area contributed by atoms with Crippen LogP contribution in [0.25, 0.3) is 0 Å². The SMILES string of the molecule is Clc1ccc(CNCCOc2ccc3c(c2)CCC3)s1. The first-order chi connectivity index (χ1) is 9.81. The lowest BCUT2D eigenvalue weighted by Crippen LogP contribution is -2.20. The molecule has 0 amide bonds.